The van der Waals surface area contributed by atoms with Crippen molar-refractivity contribution >= 4 is 0 Å². The van der Waals surface area contributed by atoms with Crippen LogP contribution >= 0.6 is 0 Å². The summed E-state index contributed by atoms with van der Waals surface area (Å²) in [4.78, 5) is 0. The Labute approximate surface area is 110 Å². The van der Waals surface area contributed by atoms with Crippen LogP contribution in [0.3, 0.4) is 0 Å². The number of rotatable bonds is 5. The molecule has 4 heteroatoms. The van der Waals surface area contributed by atoms with Crippen molar-refractivity contribution in [3.05, 3.63) is 17.5 Å². The van der Waals surface area contributed by atoms with Crippen LogP contribution in [0.2, 0.25) is 0 Å². The zero-order chi connectivity index (χ0) is 13.0. The van der Waals surface area contributed by atoms with Crippen LogP contribution in [0.1, 0.15) is 38.1 Å². The standard InChI is InChI=1S/C14H25N3O/c1-3-12-8-13(17(4-2)16-12)9-14(10-15)6-5-7-18-11-14/h8H,3-7,9-11,15H2,1-2H3. The lowest BCUT2D eigenvalue weighted by atomic mass is 9.78. The van der Waals surface area contributed by atoms with Gasteiger partial charge in [-0.25, -0.2) is 0 Å². The van der Waals surface area contributed by atoms with Crippen molar-refractivity contribution < 1.29 is 4.74 Å². The van der Waals surface area contributed by atoms with Gasteiger partial charge in [0.15, 0.2) is 0 Å². The van der Waals surface area contributed by atoms with Crippen molar-refractivity contribution in [1.29, 1.82) is 0 Å². The van der Waals surface area contributed by atoms with Gasteiger partial charge in [-0.2, -0.15) is 5.10 Å². The smallest absolute Gasteiger partial charge is 0.0624 e. The number of ether oxygens (including phenoxy) is 1. The Bertz CT molecular complexity index is 380. The van der Waals surface area contributed by atoms with E-state index in [-0.39, 0.29) is 5.41 Å². The summed E-state index contributed by atoms with van der Waals surface area (Å²) in [6, 6.07) is 2.23. The minimum atomic E-state index is 0.121. The molecule has 1 saturated heterocycles. The molecule has 1 atom stereocenters. The van der Waals surface area contributed by atoms with Gasteiger partial charge in [-0.15, -0.1) is 0 Å². The molecule has 4 nitrogen and oxygen atoms in total. The van der Waals surface area contributed by atoms with Crippen LogP contribution in [-0.4, -0.2) is 29.5 Å². The van der Waals surface area contributed by atoms with Gasteiger partial charge in [0.25, 0.3) is 0 Å². The summed E-state index contributed by atoms with van der Waals surface area (Å²) in [6.07, 6.45) is 4.27. The average Bonchev–Trinajstić information content (AvgIpc) is 2.82. The summed E-state index contributed by atoms with van der Waals surface area (Å²) in [6.45, 7) is 7.59. The predicted molar refractivity (Wildman–Crippen MR) is 72.5 cm³/mol. The minimum absolute atomic E-state index is 0.121. The highest BCUT2D eigenvalue weighted by atomic mass is 16.5. The van der Waals surface area contributed by atoms with Crippen molar-refractivity contribution in [1.82, 2.24) is 9.78 Å². The lowest BCUT2D eigenvalue weighted by Crippen LogP contribution is -2.41. The average molecular weight is 251 g/mol. The lowest BCUT2D eigenvalue weighted by molar-refractivity contribution is -0.00361. The van der Waals surface area contributed by atoms with E-state index in [2.05, 4.69) is 29.7 Å². The fourth-order valence-corrected chi connectivity index (χ4v) is 2.77. The molecule has 0 spiro atoms. The first kappa shape index (κ1) is 13.6. The molecule has 1 aliphatic rings. The summed E-state index contributed by atoms with van der Waals surface area (Å²) < 4.78 is 7.76. The van der Waals surface area contributed by atoms with E-state index in [9.17, 15) is 0 Å². The van der Waals surface area contributed by atoms with Crippen LogP contribution in [0.15, 0.2) is 6.07 Å². The van der Waals surface area contributed by atoms with Gasteiger partial charge >= 0.3 is 0 Å². The van der Waals surface area contributed by atoms with Crippen LogP contribution in [-0.2, 0) is 24.1 Å². The molecular weight excluding hydrogens is 226 g/mol. The van der Waals surface area contributed by atoms with Crippen molar-refractivity contribution in [2.24, 2.45) is 11.1 Å². The van der Waals surface area contributed by atoms with Crippen molar-refractivity contribution in [2.45, 2.75) is 46.1 Å². The molecule has 18 heavy (non-hydrogen) atoms. The first-order chi connectivity index (χ1) is 8.73. The molecule has 0 amide bonds. The monoisotopic (exact) mass is 251 g/mol. The van der Waals surface area contributed by atoms with E-state index in [0.717, 1.165) is 39.0 Å². The van der Waals surface area contributed by atoms with Gasteiger partial charge in [-0.05, 0) is 38.7 Å². The molecule has 0 bridgehead atoms. The quantitative estimate of drug-likeness (QED) is 0.867. The molecule has 1 aromatic rings. The molecule has 2 heterocycles. The molecule has 2 N–H and O–H groups in total. The molecule has 0 saturated carbocycles. The SMILES string of the molecule is CCc1cc(CC2(CN)CCCOC2)n(CC)n1. The Morgan fingerprint density at radius 1 is 1.50 bits per heavy atom. The highest BCUT2D eigenvalue weighted by Gasteiger charge is 2.32. The van der Waals surface area contributed by atoms with Gasteiger partial charge in [-0.1, -0.05) is 6.92 Å². The Morgan fingerprint density at radius 3 is 2.89 bits per heavy atom. The van der Waals surface area contributed by atoms with Gasteiger partial charge < -0.3 is 10.5 Å². The zero-order valence-corrected chi connectivity index (χ0v) is 11.6. The fourth-order valence-electron chi connectivity index (χ4n) is 2.77. The topological polar surface area (TPSA) is 53.1 Å². The highest BCUT2D eigenvalue weighted by molar-refractivity contribution is 5.13. The number of aryl methyl sites for hydroxylation is 2. The molecule has 0 aliphatic carbocycles. The third kappa shape index (κ3) is 2.75. The number of nitrogens with two attached hydrogens (primary N) is 1. The van der Waals surface area contributed by atoms with Gasteiger partial charge in [-0.3, -0.25) is 4.68 Å². The van der Waals surface area contributed by atoms with Crippen LogP contribution in [0.5, 0.6) is 0 Å². The second kappa shape index (κ2) is 5.85. The third-order valence-corrected chi connectivity index (χ3v) is 3.97. The Morgan fingerprint density at radius 2 is 2.33 bits per heavy atom. The maximum Gasteiger partial charge on any atom is 0.0624 e. The van der Waals surface area contributed by atoms with Crippen LogP contribution < -0.4 is 5.73 Å². The van der Waals surface area contributed by atoms with Gasteiger partial charge in [0.1, 0.15) is 0 Å². The number of nitrogens with zero attached hydrogens (tertiary/aromatic N) is 2. The predicted octanol–water partition coefficient (Wildman–Crippen LogP) is 1.76. The summed E-state index contributed by atoms with van der Waals surface area (Å²) in [5, 5.41) is 4.61. The summed E-state index contributed by atoms with van der Waals surface area (Å²) >= 11 is 0. The van der Waals surface area contributed by atoms with E-state index < -0.39 is 0 Å². The first-order valence-corrected chi connectivity index (χ1v) is 7.06. The van der Waals surface area contributed by atoms with E-state index in [1.807, 2.05) is 0 Å². The van der Waals surface area contributed by atoms with Crippen molar-refractivity contribution in [3.8, 4) is 0 Å². The zero-order valence-electron chi connectivity index (χ0n) is 11.6. The van der Waals surface area contributed by atoms with E-state index in [1.165, 1.54) is 17.8 Å². The summed E-state index contributed by atoms with van der Waals surface area (Å²) in [7, 11) is 0. The third-order valence-electron chi connectivity index (χ3n) is 3.97. The maximum absolute atomic E-state index is 6.01. The summed E-state index contributed by atoms with van der Waals surface area (Å²) in [5.41, 5.74) is 8.62. The molecule has 2 rings (SSSR count). The van der Waals surface area contributed by atoms with Gasteiger partial charge in [0.05, 0.1) is 12.3 Å². The minimum Gasteiger partial charge on any atom is -0.381 e. The van der Waals surface area contributed by atoms with E-state index in [1.54, 1.807) is 0 Å². The van der Waals surface area contributed by atoms with Crippen LogP contribution in [0.25, 0.3) is 0 Å². The second-order valence-electron chi connectivity index (χ2n) is 5.33. The van der Waals surface area contributed by atoms with Crippen molar-refractivity contribution in [2.75, 3.05) is 19.8 Å². The van der Waals surface area contributed by atoms with Gasteiger partial charge in [0, 0.05) is 30.8 Å². The van der Waals surface area contributed by atoms with E-state index in [4.69, 9.17) is 10.5 Å². The normalized spacial score (nSPS) is 24.4. The second-order valence-corrected chi connectivity index (χ2v) is 5.33. The van der Waals surface area contributed by atoms with Crippen LogP contribution in [0, 0.1) is 5.41 Å². The Balaban J connectivity index is 2.17. The molecule has 0 radical (unpaired) electrons. The first-order valence-electron chi connectivity index (χ1n) is 7.06. The number of hydrogen-bond acceptors (Lipinski definition) is 3. The molecule has 1 fully saturated rings. The Hall–Kier alpha value is -0.870. The maximum atomic E-state index is 6.01. The fraction of sp³-hybridized carbons (Fsp3) is 0.786. The molecule has 1 unspecified atom stereocenters. The van der Waals surface area contributed by atoms with Crippen molar-refractivity contribution in [3.63, 3.8) is 0 Å². The van der Waals surface area contributed by atoms with E-state index in [0.29, 0.717) is 6.54 Å². The molecule has 1 aliphatic heterocycles. The highest BCUT2D eigenvalue weighted by Crippen LogP contribution is 2.31. The molecule has 102 valence electrons. The largest absolute Gasteiger partial charge is 0.381 e. The molecule has 0 aromatic carbocycles. The summed E-state index contributed by atoms with van der Waals surface area (Å²) in [5.74, 6) is 0. The Kier molecular flexibility index (Phi) is 4.40. The number of hydrogen-bond donors (Lipinski definition) is 1. The number of aromatic nitrogens is 2. The molecular formula is C14H25N3O. The lowest BCUT2D eigenvalue weighted by Gasteiger charge is -2.36. The molecule has 1 aromatic heterocycles. The van der Waals surface area contributed by atoms with Gasteiger partial charge in [0.2, 0.25) is 0 Å². The van der Waals surface area contributed by atoms with Crippen LogP contribution in [0.4, 0.5) is 0 Å². The van der Waals surface area contributed by atoms with E-state index >= 15 is 0 Å².